The quantitative estimate of drug-likeness (QED) is 0.764. The lowest BCUT2D eigenvalue weighted by atomic mass is 10.1. The molecule has 0 atom stereocenters. The molecule has 0 fully saturated rings. The van der Waals surface area contributed by atoms with E-state index >= 15 is 0 Å². The fourth-order valence-corrected chi connectivity index (χ4v) is 3.12. The van der Waals surface area contributed by atoms with Crippen LogP contribution in [0.4, 0.5) is 5.69 Å². The Morgan fingerprint density at radius 2 is 2.00 bits per heavy atom. The molecule has 0 aliphatic heterocycles. The van der Waals surface area contributed by atoms with Gasteiger partial charge in [0.2, 0.25) is 5.91 Å². The topological polar surface area (TPSA) is 51.1 Å². The van der Waals surface area contributed by atoms with Crippen LogP contribution in [0.2, 0.25) is 5.02 Å². The molecule has 5 heteroatoms. The van der Waals surface area contributed by atoms with Gasteiger partial charge in [-0.2, -0.15) is 0 Å². The van der Waals surface area contributed by atoms with Crippen LogP contribution in [0, 0.1) is 6.92 Å². The first kappa shape index (κ1) is 17.2. The minimum absolute atomic E-state index is 0.0875. The van der Waals surface area contributed by atoms with Crippen molar-refractivity contribution in [3.8, 4) is 0 Å². The average molecular weight is 355 g/mol. The van der Waals surface area contributed by atoms with Gasteiger partial charge in [0.1, 0.15) is 6.54 Å². The molecular formula is C20H19ClN2O2. The molecule has 128 valence electrons. The van der Waals surface area contributed by atoms with Crippen LogP contribution in [0.15, 0.2) is 53.5 Å². The first-order valence-corrected chi connectivity index (χ1v) is 8.54. The van der Waals surface area contributed by atoms with Crippen molar-refractivity contribution in [2.75, 3.05) is 5.32 Å². The SMILES string of the molecule is CCc1cccc(C)c1NC(=O)Cn1ccc(=O)c2ccc(Cl)cc21. The van der Waals surface area contributed by atoms with Crippen molar-refractivity contribution in [1.82, 2.24) is 4.57 Å². The molecule has 1 N–H and O–H groups in total. The number of halogens is 1. The Morgan fingerprint density at radius 1 is 1.20 bits per heavy atom. The van der Waals surface area contributed by atoms with Crippen LogP contribution in [-0.4, -0.2) is 10.5 Å². The summed E-state index contributed by atoms with van der Waals surface area (Å²) in [5, 5.41) is 4.07. The number of carbonyl (C=O) groups is 1. The minimum Gasteiger partial charge on any atom is -0.338 e. The number of carbonyl (C=O) groups excluding carboxylic acids is 1. The summed E-state index contributed by atoms with van der Waals surface area (Å²) in [6.45, 7) is 4.14. The summed E-state index contributed by atoms with van der Waals surface area (Å²) in [7, 11) is 0. The minimum atomic E-state index is -0.145. The first-order chi connectivity index (χ1) is 12.0. The number of nitrogens with zero attached hydrogens (tertiary/aromatic N) is 1. The fraction of sp³-hybridized carbons (Fsp3) is 0.200. The number of nitrogens with one attached hydrogen (secondary N) is 1. The number of para-hydroxylation sites is 1. The van der Waals surface area contributed by atoms with Crippen LogP contribution in [0.3, 0.4) is 0 Å². The molecule has 0 spiro atoms. The normalized spacial score (nSPS) is 10.8. The van der Waals surface area contributed by atoms with E-state index in [1.165, 1.54) is 6.07 Å². The van der Waals surface area contributed by atoms with Crippen LogP contribution < -0.4 is 10.7 Å². The number of rotatable bonds is 4. The second kappa shape index (κ2) is 7.11. The molecule has 0 saturated carbocycles. The van der Waals surface area contributed by atoms with Gasteiger partial charge in [0, 0.05) is 28.4 Å². The fourth-order valence-electron chi connectivity index (χ4n) is 2.95. The summed E-state index contributed by atoms with van der Waals surface area (Å²) in [5.41, 5.74) is 3.55. The van der Waals surface area contributed by atoms with Crippen molar-refractivity contribution in [3.05, 3.63) is 75.0 Å². The van der Waals surface area contributed by atoms with Gasteiger partial charge in [0.15, 0.2) is 5.43 Å². The van der Waals surface area contributed by atoms with E-state index < -0.39 is 0 Å². The largest absolute Gasteiger partial charge is 0.338 e. The molecule has 1 aromatic heterocycles. The lowest BCUT2D eigenvalue weighted by Crippen LogP contribution is -2.21. The molecule has 3 rings (SSSR count). The predicted molar refractivity (Wildman–Crippen MR) is 102 cm³/mol. The van der Waals surface area contributed by atoms with Crippen molar-refractivity contribution in [2.24, 2.45) is 0 Å². The van der Waals surface area contributed by atoms with Crippen LogP contribution in [0.25, 0.3) is 10.9 Å². The first-order valence-electron chi connectivity index (χ1n) is 8.16. The number of anilines is 1. The number of fused-ring (bicyclic) bond motifs is 1. The van der Waals surface area contributed by atoms with Gasteiger partial charge in [-0.15, -0.1) is 0 Å². The zero-order chi connectivity index (χ0) is 18.0. The van der Waals surface area contributed by atoms with Crippen LogP contribution >= 0.6 is 11.6 Å². The molecule has 2 aromatic carbocycles. The smallest absolute Gasteiger partial charge is 0.244 e. The summed E-state index contributed by atoms with van der Waals surface area (Å²) in [4.78, 5) is 24.6. The Hall–Kier alpha value is -2.59. The summed E-state index contributed by atoms with van der Waals surface area (Å²) in [6, 6.07) is 12.5. The second-order valence-electron chi connectivity index (χ2n) is 5.98. The van der Waals surface area contributed by atoms with E-state index in [2.05, 4.69) is 12.2 Å². The molecule has 0 radical (unpaired) electrons. The van der Waals surface area contributed by atoms with Gasteiger partial charge in [0.25, 0.3) is 0 Å². The van der Waals surface area contributed by atoms with E-state index in [0.717, 1.165) is 23.2 Å². The highest BCUT2D eigenvalue weighted by Crippen LogP contribution is 2.21. The molecular weight excluding hydrogens is 336 g/mol. The third kappa shape index (κ3) is 3.59. The zero-order valence-corrected chi connectivity index (χ0v) is 14.9. The molecule has 0 unspecified atom stereocenters. The van der Waals surface area contributed by atoms with E-state index in [-0.39, 0.29) is 17.9 Å². The summed E-state index contributed by atoms with van der Waals surface area (Å²) in [5.74, 6) is -0.145. The predicted octanol–water partition coefficient (Wildman–Crippen LogP) is 4.16. The number of hydrogen-bond acceptors (Lipinski definition) is 2. The highest BCUT2D eigenvalue weighted by Gasteiger charge is 2.11. The van der Waals surface area contributed by atoms with Crippen LogP contribution in [0.5, 0.6) is 0 Å². The Kier molecular flexibility index (Phi) is 4.91. The maximum absolute atomic E-state index is 12.6. The Morgan fingerprint density at radius 3 is 2.76 bits per heavy atom. The zero-order valence-electron chi connectivity index (χ0n) is 14.2. The van der Waals surface area contributed by atoms with Gasteiger partial charge in [-0.3, -0.25) is 9.59 Å². The van der Waals surface area contributed by atoms with Gasteiger partial charge in [-0.05, 0) is 42.7 Å². The number of benzene rings is 2. The van der Waals surface area contributed by atoms with Gasteiger partial charge in [0.05, 0.1) is 5.52 Å². The van der Waals surface area contributed by atoms with E-state index in [1.807, 2.05) is 25.1 Å². The van der Waals surface area contributed by atoms with Gasteiger partial charge in [-0.25, -0.2) is 0 Å². The molecule has 1 heterocycles. The highest BCUT2D eigenvalue weighted by atomic mass is 35.5. The molecule has 0 aliphatic carbocycles. The maximum Gasteiger partial charge on any atom is 0.244 e. The number of aromatic nitrogens is 1. The summed E-state index contributed by atoms with van der Waals surface area (Å²) < 4.78 is 1.74. The van der Waals surface area contributed by atoms with Crippen molar-refractivity contribution in [3.63, 3.8) is 0 Å². The Bertz CT molecular complexity index is 1010. The van der Waals surface area contributed by atoms with Gasteiger partial charge in [-0.1, -0.05) is 36.7 Å². The monoisotopic (exact) mass is 354 g/mol. The van der Waals surface area contributed by atoms with Crippen molar-refractivity contribution in [1.29, 1.82) is 0 Å². The van der Waals surface area contributed by atoms with Gasteiger partial charge >= 0.3 is 0 Å². The summed E-state index contributed by atoms with van der Waals surface area (Å²) >= 11 is 6.05. The van der Waals surface area contributed by atoms with Crippen molar-refractivity contribution in [2.45, 2.75) is 26.8 Å². The maximum atomic E-state index is 12.6. The molecule has 3 aromatic rings. The van der Waals surface area contributed by atoms with E-state index in [4.69, 9.17) is 11.6 Å². The van der Waals surface area contributed by atoms with Crippen LogP contribution in [-0.2, 0) is 17.8 Å². The van der Waals surface area contributed by atoms with E-state index in [9.17, 15) is 9.59 Å². The Labute approximate surface area is 151 Å². The molecule has 4 nitrogen and oxygen atoms in total. The molecule has 0 bridgehead atoms. The number of amides is 1. The number of aryl methyl sites for hydroxylation is 2. The lowest BCUT2D eigenvalue weighted by molar-refractivity contribution is -0.116. The van der Waals surface area contributed by atoms with Crippen molar-refractivity contribution >= 4 is 34.1 Å². The number of hydrogen-bond donors (Lipinski definition) is 1. The van der Waals surface area contributed by atoms with Crippen LogP contribution in [0.1, 0.15) is 18.1 Å². The van der Waals surface area contributed by atoms with Crippen molar-refractivity contribution < 1.29 is 4.79 Å². The lowest BCUT2D eigenvalue weighted by Gasteiger charge is -2.15. The van der Waals surface area contributed by atoms with Gasteiger partial charge < -0.3 is 9.88 Å². The molecule has 1 amide bonds. The second-order valence-corrected chi connectivity index (χ2v) is 6.42. The molecule has 0 saturated heterocycles. The molecule has 25 heavy (non-hydrogen) atoms. The van der Waals surface area contributed by atoms with E-state index in [0.29, 0.717) is 15.9 Å². The number of pyridine rings is 1. The third-order valence-corrected chi connectivity index (χ3v) is 4.49. The summed E-state index contributed by atoms with van der Waals surface area (Å²) in [6.07, 6.45) is 2.47. The average Bonchev–Trinajstić information content (AvgIpc) is 2.59. The van der Waals surface area contributed by atoms with E-state index in [1.54, 1.807) is 29.0 Å². The third-order valence-electron chi connectivity index (χ3n) is 4.26. The standard InChI is InChI=1S/C20H19ClN2O2/c1-3-14-6-4-5-13(2)20(14)22-19(25)12-23-10-9-18(24)16-8-7-15(21)11-17(16)23/h4-11H,3,12H2,1-2H3,(H,22,25). The Balaban J connectivity index is 1.92. The highest BCUT2D eigenvalue weighted by molar-refractivity contribution is 6.31. The molecule has 0 aliphatic rings.